The number of anilines is 1. The van der Waals surface area contributed by atoms with Crippen LogP contribution in [0.15, 0.2) is 36.9 Å². The Labute approximate surface area is 117 Å². The van der Waals surface area contributed by atoms with E-state index in [0.717, 1.165) is 0 Å². The summed E-state index contributed by atoms with van der Waals surface area (Å²) in [7, 11) is 1.57. The van der Waals surface area contributed by atoms with E-state index in [1.807, 2.05) is 0 Å². The third-order valence-corrected chi connectivity index (χ3v) is 3.20. The number of cyclic esters (lactones) is 1. The number of ether oxygens (including phenoxy) is 2. The highest BCUT2D eigenvalue weighted by Gasteiger charge is 2.40. The molecule has 1 amide bonds. The molecule has 2 rings (SSSR count). The van der Waals surface area contributed by atoms with Gasteiger partial charge in [-0.15, -0.1) is 6.58 Å². The van der Waals surface area contributed by atoms with Crippen LogP contribution in [0.25, 0.3) is 0 Å². The Bertz CT molecular complexity index is 523. The Kier molecular flexibility index (Phi) is 4.08. The fourth-order valence-electron chi connectivity index (χ4n) is 2.17. The Hall–Kier alpha value is -2.30. The monoisotopic (exact) mass is 275 g/mol. The van der Waals surface area contributed by atoms with Gasteiger partial charge in [0, 0.05) is 5.69 Å². The normalized spacial score (nSPS) is 22.4. The van der Waals surface area contributed by atoms with E-state index in [0.29, 0.717) is 17.9 Å². The van der Waals surface area contributed by atoms with Gasteiger partial charge >= 0.3 is 5.97 Å². The van der Waals surface area contributed by atoms with E-state index in [-0.39, 0.29) is 5.91 Å². The molecule has 106 valence electrons. The third-order valence-electron chi connectivity index (χ3n) is 3.20. The minimum absolute atomic E-state index is 0.235. The number of hydrogen-bond donors (Lipinski definition) is 0. The SMILES string of the molecule is C=CC[C@@H]1C(=O)O[C@H](C)C(=O)N1c1ccc(OC)cc1. The average Bonchev–Trinajstić information content (AvgIpc) is 2.45. The number of esters is 1. The number of methoxy groups -OCH3 is 1. The van der Waals surface area contributed by atoms with Gasteiger partial charge in [0.15, 0.2) is 6.10 Å². The standard InChI is InChI=1S/C15H17NO4/c1-4-5-13-15(18)20-10(2)14(17)16(13)11-6-8-12(19-3)9-7-11/h4,6-10,13H,1,5H2,2-3H3/t10-,13-/m1/s1. The minimum Gasteiger partial charge on any atom is -0.497 e. The summed E-state index contributed by atoms with van der Waals surface area (Å²) in [6.45, 7) is 5.19. The molecule has 0 saturated carbocycles. The molecule has 5 nitrogen and oxygen atoms in total. The number of amides is 1. The van der Waals surface area contributed by atoms with Gasteiger partial charge in [0.1, 0.15) is 11.8 Å². The lowest BCUT2D eigenvalue weighted by Crippen LogP contribution is -2.56. The number of benzene rings is 1. The van der Waals surface area contributed by atoms with Crippen LogP contribution < -0.4 is 9.64 Å². The van der Waals surface area contributed by atoms with E-state index in [1.165, 1.54) is 4.90 Å². The van der Waals surface area contributed by atoms with E-state index >= 15 is 0 Å². The first-order valence-electron chi connectivity index (χ1n) is 6.37. The maximum Gasteiger partial charge on any atom is 0.330 e. The minimum atomic E-state index is -0.773. The molecule has 1 saturated heterocycles. The highest BCUT2D eigenvalue weighted by molar-refractivity contribution is 6.05. The molecule has 0 N–H and O–H groups in total. The van der Waals surface area contributed by atoms with Crippen molar-refractivity contribution in [2.24, 2.45) is 0 Å². The second-order valence-corrected chi connectivity index (χ2v) is 4.53. The molecule has 0 aliphatic carbocycles. The third kappa shape index (κ3) is 2.52. The first-order valence-corrected chi connectivity index (χ1v) is 6.37. The van der Waals surface area contributed by atoms with Crippen molar-refractivity contribution >= 4 is 17.6 Å². The number of carbonyl (C=O) groups excluding carboxylic acids is 2. The van der Waals surface area contributed by atoms with Gasteiger partial charge in [-0.2, -0.15) is 0 Å². The maximum absolute atomic E-state index is 12.3. The molecule has 20 heavy (non-hydrogen) atoms. The largest absolute Gasteiger partial charge is 0.497 e. The summed E-state index contributed by atoms with van der Waals surface area (Å²) in [4.78, 5) is 25.7. The smallest absolute Gasteiger partial charge is 0.330 e. The molecule has 1 aromatic carbocycles. The molecule has 2 atom stereocenters. The lowest BCUT2D eigenvalue weighted by Gasteiger charge is -2.36. The van der Waals surface area contributed by atoms with Crippen molar-refractivity contribution in [2.45, 2.75) is 25.5 Å². The van der Waals surface area contributed by atoms with Gasteiger partial charge in [-0.25, -0.2) is 4.79 Å². The molecule has 1 aromatic rings. The summed E-state index contributed by atoms with van der Waals surface area (Å²) in [6, 6.07) is 6.33. The van der Waals surface area contributed by atoms with Crippen molar-refractivity contribution in [3.63, 3.8) is 0 Å². The first-order chi connectivity index (χ1) is 9.58. The van der Waals surface area contributed by atoms with Crippen LogP contribution in [0.1, 0.15) is 13.3 Å². The van der Waals surface area contributed by atoms with Gasteiger partial charge in [-0.3, -0.25) is 9.69 Å². The number of rotatable bonds is 4. The Morgan fingerprint density at radius 3 is 2.55 bits per heavy atom. The highest BCUT2D eigenvalue weighted by atomic mass is 16.6. The second kappa shape index (κ2) is 5.77. The van der Waals surface area contributed by atoms with E-state index in [2.05, 4.69) is 6.58 Å². The van der Waals surface area contributed by atoms with Crippen LogP contribution in [0.3, 0.4) is 0 Å². The van der Waals surface area contributed by atoms with Crippen molar-refractivity contribution in [1.29, 1.82) is 0 Å². The maximum atomic E-state index is 12.3. The fourth-order valence-corrected chi connectivity index (χ4v) is 2.17. The molecule has 1 aliphatic rings. The zero-order valence-corrected chi connectivity index (χ0v) is 11.5. The van der Waals surface area contributed by atoms with Crippen molar-refractivity contribution in [1.82, 2.24) is 0 Å². The Balaban J connectivity index is 2.37. The van der Waals surface area contributed by atoms with Gasteiger partial charge in [0.2, 0.25) is 0 Å². The van der Waals surface area contributed by atoms with Crippen LogP contribution in [-0.4, -0.2) is 31.1 Å². The van der Waals surface area contributed by atoms with Crippen molar-refractivity contribution in [3.05, 3.63) is 36.9 Å². The van der Waals surface area contributed by atoms with Gasteiger partial charge in [-0.1, -0.05) is 6.08 Å². The molecule has 0 unspecified atom stereocenters. The summed E-state index contributed by atoms with van der Waals surface area (Å²) in [5.74, 6) is 0.0449. The fraction of sp³-hybridized carbons (Fsp3) is 0.333. The topological polar surface area (TPSA) is 55.8 Å². The predicted molar refractivity (Wildman–Crippen MR) is 74.6 cm³/mol. The van der Waals surface area contributed by atoms with Crippen LogP contribution in [0.4, 0.5) is 5.69 Å². The lowest BCUT2D eigenvalue weighted by atomic mass is 10.1. The average molecular weight is 275 g/mol. The van der Waals surface area contributed by atoms with Gasteiger partial charge in [-0.05, 0) is 37.6 Å². The molecule has 5 heteroatoms. The molecular formula is C15H17NO4. The summed E-state index contributed by atoms with van der Waals surface area (Å²) in [5, 5.41) is 0. The molecular weight excluding hydrogens is 258 g/mol. The second-order valence-electron chi connectivity index (χ2n) is 4.53. The van der Waals surface area contributed by atoms with Crippen molar-refractivity contribution in [2.75, 3.05) is 12.0 Å². The summed E-state index contributed by atoms with van der Waals surface area (Å²) in [6.07, 6.45) is 1.18. The molecule has 0 aromatic heterocycles. The number of carbonyl (C=O) groups is 2. The summed E-state index contributed by atoms with van der Waals surface area (Å²) in [5.41, 5.74) is 0.645. The summed E-state index contributed by atoms with van der Waals surface area (Å²) >= 11 is 0. The van der Waals surface area contributed by atoms with Gasteiger partial charge < -0.3 is 9.47 Å². The molecule has 1 heterocycles. The van der Waals surface area contributed by atoms with E-state index in [9.17, 15) is 9.59 Å². The molecule has 1 aliphatic heterocycles. The van der Waals surface area contributed by atoms with Crippen molar-refractivity contribution < 1.29 is 19.1 Å². The van der Waals surface area contributed by atoms with E-state index < -0.39 is 18.1 Å². The Morgan fingerprint density at radius 2 is 2.00 bits per heavy atom. The van der Waals surface area contributed by atoms with Crippen molar-refractivity contribution in [3.8, 4) is 5.75 Å². The number of nitrogens with zero attached hydrogens (tertiary/aromatic N) is 1. The molecule has 0 radical (unpaired) electrons. The molecule has 0 spiro atoms. The number of morpholine rings is 1. The van der Waals surface area contributed by atoms with E-state index in [1.54, 1.807) is 44.4 Å². The van der Waals surface area contributed by atoms with E-state index in [4.69, 9.17) is 9.47 Å². The van der Waals surface area contributed by atoms with Crippen LogP contribution >= 0.6 is 0 Å². The zero-order chi connectivity index (χ0) is 14.7. The quantitative estimate of drug-likeness (QED) is 0.622. The zero-order valence-electron chi connectivity index (χ0n) is 11.5. The van der Waals surface area contributed by atoms with Gasteiger partial charge in [0.25, 0.3) is 5.91 Å². The van der Waals surface area contributed by atoms with Crippen LogP contribution in [0.2, 0.25) is 0 Å². The first kappa shape index (κ1) is 14.1. The van der Waals surface area contributed by atoms with Crippen LogP contribution in [0.5, 0.6) is 5.75 Å². The molecule has 0 bridgehead atoms. The Morgan fingerprint density at radius 1 is 1.35 bits per heavy atom. The summed E-state index contributed by atoms with van der Waals surface area (Å²) < 4.78 is 10.1. The lowest BCUT2D eigenvalue weighted by molar-refractivity contribution is -0.161. The van der Waals surface area contributed by atoms with Gasteiger partial charge in [0.05, 0.1) is 7.11 Å². The molecule has 1 fully saturated rings. The number of hydrogen-bond acceptors (Lipinski definition) is 4. The highest BCUT2D eigenvalue weighted by Crippen LogP contribution is 2.27. The predicted octanol–water partition coefficient (Wildman–Crippen LogP) is 1.92. The van der Waals surface area contributed by atoms with Crippen LogP contribution in [0, 0.1) is 0 Å². The van der Waals surface area contributed by atoms with Crippen LogP contribution in [-0.2, 0) is 14.3 Å².